The van der Waals surface area contributed by atoms with Gasteiger partial charge in [-0.3, -0.25) is 4.57 Å². The van der Waals surface area contributed by atoms with E-state index in [0.29, 0.717) is 30.4 Å². The Morgan fingerprint density at radius 3 is 2.67 bits per heavy atom. The molecule has 110 valence electrons. The van der Waals surface area contributed by atoms with Gasteiger partial charge in [0, 0.05) is 13.2 Å². The Kier molecular flexibility index (Phi) is 4.85. The van der Waals surface area contributed by atoms with E-state index in [1.54, 1.807) is 17.7 Å². The summed E-state index contributed by atoms with van der Waals surface area (Å²) >= 11 is 0. The molecule has 21 heavy (non-hydrogen) atoms. The van der Waals surface area contributed by atoms with Gasteiger partial charge < -0.3 is 15.2 Å². The van der Waals surface area contributed by atoms with E-state index >= 15 is 0 Å². The van der Waals surface area contributed by atoms with Crippen molar-refractivity contribution in [1.29, 1.82) is 5.26 Å². The number of ether oxygens (including phenoxy) is 2. The number of rotatable bonds is 6. The molecule has 0 bridgehead atoms. The molecule has 0 aliphatic heterocycles. The highest BCUT2D eigenvalue weighted by Gasteiger charge is 2.17. The smallest absolute Gasteiger partial charge is 0.219 e. The van der Waals surface area contributed by atoms with Gasteiger partial charge in [0.2, 0.25) is 5.88 Å². The molecule has 1 aromatic carbocycles. The van der Waals surface area contributed by atoms with E-state index in [0.717, 1.165) is 5.56 Å². The average Bonchev–Trinajstić information content (AvgIpc) is 2.77. The van der Waals surface area contributed by atoms with Gasteiger partial charge in [0.05, 0.1) is 18.8 Å². The highest BCUT2D eigenvalue weighted by molar-refractivity contribution is 5.55. The van der Waals surface area contributed by atoms with Crippen molar-refractivity contribution in [2.45, 2.75) is 19.6 Å². The molecule has 0 saturated heterocycles. The van der Waals surface area contributed by atoms with Crippen LogP contribution in [0.1, 0.15) is 18.2 Å². The Morgan fingerprint density at radius 1 is 1.33 bits per heavy atom. The van der Waals surface area contributed by atoms with Crippen LogP contribution in [0.15, 0.2) is 36.4 Å². The minimum atomic E-state index is -0.145. The number of hydrogen-bond acceptors (Lipinski definition) is 4. The summed E-state index contributed by atoms with van der Waals surface area (Å²) in [6.45, 7) is 2.89. The monoisotopic (exact) mass is 285 g/mol. The van der Waals surface area contributed by atoms with Gasteiger partial charge in [0.1, 0.15) is 17.9 Å². The number of nitrogens with zero attached hydrogens (tertiary/aromatic N) is 2. The molecule has 0 saturated carbocycles. The lowest BCUT2D eigenvalue weighted by atomic mass is 10.2. The molecule has 0 aliphatic carbocycles. The minimum absolute atomic E-state index is 0.145. The van der Waals surface area contributed by atoms with E-state index in [4.69, 9.17) is 15.2 Å². The molecule has 2 aromatic rings. The molecule has 1 heterocycles. The van der Waals surface area contributed by atoms with Gasteiger partial charge in [-0.15, -0.1) is 0 Å². The van der Waals surface area contributed by atoms with Crippen LogP contribution < -0.4 is 10.5 Å². The highest BCUT2D eigenvalue weighted by atomic mass is 16.5. The summed E-state index contributed by atoms with van der Waals surface area (Å²) in [6, 6.07) is 13.7. The zero-order chi connectivity index (χ0) is 15.2. The first-order chi connectivity index (χ1) is 10.2. The van der Waals surface area contributed by atoms with Crippen molar-refractivity contribution in [2.24, 2.45) is 0 Å². The number of hydrogen-bond donors (Lipinski definition) is 1. The minimum Gasteiger partial charge on any atom is -0.472 e. The fourth-order valence-electron chi connectivity index (χ4n) is 2.16. The maximum atomic E-state index is 9.27. The van der Waals surface area contributed by atoms with E-state index in [-0.39, 0.29) is 6.10 Å². The Morgan fingerprint density at radius 2 is 2.05 bits per heavy atom. The lowest BCUT2D eigenvalue weighted by Crippen LogP contribution is -2.20. The van der Waals surface area contributed by atoms with Crippen molar-refractivity contribution < 1.29 is 9.47 Å². The maximum Gasteiger partial charge on any atom is 0.219 e. The van der Waals surface area contributed by atoms with Gasteiger partial charge in [0.15, 0.2) is 0 Å². The number of methoxy groups -OCH3 is 1. The van der Waals surface area contributed by atoms with Gasteiger partial charge in [0.25, 0.3) is 0 Å². The maximum absolute atomic E-state index is 9.27. The van der Waals surface area contributed by atoms with E-state index in [2.05, 4.69) is 6.07 Å². The van der Waals surface area contributed by atoms with Crippen molar-refractivity contribution in [3.05, 3.63) is 47.7 Å². The van der Waals surface area contributed by atoms with Crippen molar-refractivity contribution in [1.82, 2.24) is 4.57 Å². The van der Waals surface area contributed by atoms with Crippen LogP contribution in [-0.4, -0.2) is 24.4 Å². The van der Waals surface area contributed by atoms with Crippen molar-refractivity contribution in [3.63, 3.8) is 0 Å². The molecule has 0 aliphatic rings. The van der Waals surface area contributed by atoms with Crippen LogP contribution in [0, 0.1) is 11.3 Å². The van der Waals surface area contributed by atoms with Crippen LogP contribution in [0.25, 0.3) is 0 Å². The van der Waals surface area contributed by atoms with Crippen molar-refractivity contribution in [2.75, 3.05) is 19.5 Å². The summed E-state index contributed by atoms with van der Waals surface area (Å²) in [5.41, 5.74) is 8.00. The normalized spacial score (nSPS) is 11.9. The Hall–Kier alpha value is -2.45. The van der Waals surface area contributed by atoms with E-state index in [9.17, 15) is 5.26 Å². The lowest BCUT2D eigenvalue weighted by Gasteiger charge is -2.17. The number of anilines is 1. The third kappa shape index (κ3) is 3.56. The van der Waals surface area contributed by atoms with Crippen LogP contribution >= 0.6 is 0 Å². The molecule has 5 nitrogen and oxygen atoms in total. The van der Waals surface area contributed by atoms with Gasteiger partial charge in [-0.1, -0.05) is 30.3 Å². The Balaban J connectivity index is 2.31. The van der Waals surface area contributed by atoms with Crippen LogP contribution in [0.3, 0.4) is 0 Å². The molecule has 2 N–H and O–H groups in total. The molecule has 0 fully saturated rings. The van der Waals surface area contributed by atoms with E-state index in [1.807, 2.05) is 37.3 Å². The standard InChI is InChI=1S/C16H19N3O2/c1-12(11-20-2)21-16-15(18)8-14(9-17)19(16)10-13-6-4-3-5-7-13/h3-8,12H,10-11,18H2,1-2H3/t12-/m1/s1. The largest absolute Gasteiger partial charge is 0.472 e. The Bertz CT molecular complexity index is 629. The molecule has 1 aromatic heterocycles. The predicted molar refractivity (Wildman–Crippen MR) is 81.1 cm³/mol. The third-order valence-electron chi connectivity index (χ3n) is 3.09. The quantitative estimate of drug-likeness (QED) is 0.884. The lowest BCUT2D eigenvalue weighted by molar-refractivity contribution is 0.0869. The van der Waals surface area contributed by atoms with E-state index < -0.39 is 0 Å². The number of aromatic nitrogens is 1. The highest BCUT2D eigenvalue weighted by Crippen LogP contribution is 2.28. The van der Waals surface area contributed by atoms with Gasteiger partial charge >= 0.3 is 0 Å². The van der Waals surface area contributed by atoms with E-state index in [1.165, 1.54) is 0 Å². The molecular formula is C16H19N3O2. The van der Waals surface area contributed by atoms with Crippen molar-refractivity contribution >= 4 is 5.69 Å². The van der Waals surface area contributed by atoms with Crippen molar-refractivity contribution in [3.8, 4) is 11.9 Å². The molecule has 1 atom stereocenters. The average molecular weight is 285 g/mol. The Labute approximate surface area is 124 Å². The molecule has 0 spiro atoms. The fourth-order valence-corrected chi connectivity index (χ4v) is 2.16. The summed E-state index contributed by atoms with van der Waals surface area (Å²) in [6.07, 6.45) is -0.145. The number of benzene rings is 1. The first-order valence-electron chi connectivity index (χ1n) is 6.74. The second kappa shape index (κ2) is 6.82. The number of nitrogens with two attached hydrogens (primary N) is 1. The summed E-state index contributed by atoms with van der Waals surface area (Å²) < 4.78 is 12.7. The van der Waals surface area contributed by atoms with Crippen LogP contribution in [0.4, 0.5) is 5.69 Å². The second-order valence-electron chi connectivity index (χ2n) is 4.86. The molecular weight excluding hydrogens is 266 g/mol. The zero-order valence-electron chi connectivity index (χ0n) is 12.2. The van der Waals surface area contributed by atoms with Crippen LogP contribution in [0.5, 0.6) is 5.88 Å². The van der Waals surface area contributed by atoms with Crippen LogP contribution in [0.2, 0.25) is 0 Å². The van der Waals surface area contributed by atoms with Gasteiger partial charge in [-0.2, -0.15) is 5.26 Å². The summed E-state index contributed by atoms with van der Waals surface area (Å²) in [7, 11) is 1.62. The SMILES string of the molecule is COC[C@@H](C)Oc1c(N)cc(C#N)n1Cc1ccccc1. The topological polar surface area (TPSA) is 73.2 Å². The van der Waals surface area contributed by atoms with Crippen LogP contribution in [-0.2, 0) is 11.3 Å². The fraction of sp³-hybridized carbons (Fsp3) is 0.312. The number of nitriles is 1. The van der Waals surface area contributed by atoms with Gasteiger partial charge in [-0.05, 0) is 12.5 Å². The summed E-state index contributed by atoms with van der Waals surface area (Å²) in [4.78, 5) is 0. The second-order valence-corrected chi connectivity index (χ2v) is 4.86. The number of nitrogen functional groups attached to an aromatic ring is 1. The molecule has 5 heteroatoms. The first-order valence-corrected chi connectivity index (χ1v) is 6.74. The first kappa shape index (κ1) is 14.9. The third-order valence-corrected chi connectivity index (χ3v) is 3.09. The predicted octanol–water partition coefficient (Wildman–Crippen LogP) is 2.40. The molecule has 0 amide bonds. The van der Waals surface area contributed by atoms with Gasteiger partial charge in [-0.25, -0.2) is 0 Å². The zero-order valence-corrected chi connectivity index (χ0v) is 12.2. The molecule has 2 rings (SSSR count). The summed E-state index contributed by atoms with van der Waals surface area (Å²) in [5.74, 6) is 0.514. The molecule has 0 unspecified atom stereocenters. The molecule has 0 radical (unpaired) electrons. The summed E-state index contributed by atoms with van der Waals surface area (Å²) in [5, 5.41) is 9.27.